The standard InChI is InChI=1S/C15H18N4O2/c1-10-4-2-3-5-12(10)14-17-15(21-18-14)11-6-7-19(8-11)9-13(16)20/h2-5,11H,6-9H2,1H3,(H2,16,20)/t11-/m0/s1. The summed E-state index contributed by atoms with van der Waals surface area (Å²) in [6.07, 6.45) is 0.905. The van der Waals surface area contributed by atoms with Crippen LogP contribution in [0.2, 0.25) is 0 Å². The molecular weight excluding hydrogens is 268 g/mol. The van der Waals surface area contributed by atoms with Crippen molar-refractivity contribution in [3.05, 3.63) is 35.7 Å². The molecule has 1 saturated heterocycles. The molecule has 0 aliphatic carbocycles. The molecule has 2 N–H and O–H groups in total. The molecule has 0 spiro atoms. The van der Waals surface area contributed by atoms with Crippen LogP contribution in [-0.2, 0) is 4.79 Å². The van der Waals surface area contributed by atoms with Gasteiger partial charge in [0, 0.05) is 12.1 Å². The summed E-state index contributed by atoms with van der Waals surface area (Å²) in [5.41, 5.74) is 7.32. The van der Waals surface area contributed by atoms with E-state index in [0.717, 1.165) is 30.6 Å². The molecule has 1 fully saturated rings. The van der Waals surface area contributed by atoms with E-state index in [-0.39, 0.29) is 18.4 Å². The maximum absolute atomic E-state index is 11.0. The van der Waals surface area contributed by atoms with Crippen molar-refractivity contribution in [2.24, 2.45) is 5.73 Å². The Hall–Kier alpha value is -2.21. The number of hydrogen-bond donors (Lipinski definition) is 1. The fraction of sp³-hybridized carbons (Fsp3) is 0.400. The molecule has 6 heteroatoms. The molecule has 1 atom stereocenters. The van der Waals surface area contributed by atoms with Gasteiger partial charge in [0.1, 0.15) is 0 Å². The first-order valence-electron chi connectivity index (χ1n) is 7.04. The smallest absolute Gasteiger partial charge is 0.231 e. The molecule has 3 rings (SSSR count). The highest BCUT2D eigenvalue weighted by atomic mass is 16.5. The fourth-order valence-electron chi connectivity index (χ4n) is 2.73. The maximum Gasteiger partial charge on any atom is 0.231 e. The van der Waals surface area contributed by atoms with Gasteiger partial charge in [0.15, 0.2) is 0 Å². The highest BCUT2D eigenvalue weighted by Crippen LogP contribution is 2.28. The van der Waals surface area contributed by atoms with Gasteiger partial charge in [-0.2, -0.15) is 4.98 Å². The summed E-state index contributed by atoms with van der Waals surface area (Å²) < 4.78 is 5.41. The molecule has 1 amide bonds. The maximum atomic E-state index is 11.0. The van der Waals surface area contributed by atoms with Crippen molar-refractivity contribution in [3.8, 4) is 11.4 Å². The second-order valence-corrected chi connectivity index (χ2v) is 5.46. The van der Waals surface area contributed by atoms with Crippen LogP contribution in [0.25, 0.3) is 11.4 Å². The SMILES string of the molecule is Cc1ccccc1-c1noc([C@H]2CCN(CC(N)=O)C2)n1. The van der Waals surface area contributed by atoms with Gasteiger partial charge in [0.25, 0.3) is 0 Å². The lowest BCUT2D eigenvalue weighted by Gasteiger charge is -2.11. The minimum Gasteiger partial charge on any atom is -0.369 e. The zero-order chi connectivity index (χ0) is 14.8. The molecule has 0 unspecified atom stereocenters. The fourth-order valence-corrected chi connectivity index (χ4v) is 2.73. The van der Waals surface area contributed by atoms with E-state index >= 15 is 0 Å². The first kappa shape index (κ1) is 13.8. The number of aryl methyl sites for hydroxylation is 1. The van der Waals surface area contributed by atoms with Crippen LogP contribution in [0.4, 0.5) is 0 Å². The normalized spacial score (nSPS) is 19.0. The van der Waals surface area contributed by atoms with E-state index in [1.54, 1.807) is 0 Å². The molecule has 2 heterocycles. The van der Waals surface area contributed by atoms with Crippen LogP contribution in [-0.4, -0.2) is 40.6 Å². The first-order valence-corrected chi connectivity index (χ1v) is 7.04. The molecule has 6 nitrogen and oxygen atoms in total. The number of carbonyl (C=O) groups excluding carboxylic acids is 1. The first-order chi connectivity index (χ1) is 10.1. The van der Waals surface area contributed by atoms with Gasteiger partial charge in [0.05, 0.1) is 12.5 Å². The lowest BCUT2D eigenvalue weighted by Crippen LogP contribution is -2.31. The third-order valence-corrected chi connectivity index (χ3v) is 3.83. The zero-order valence-corrected chi connectivity index (χ0v) is 12.0. The Morgan fingerprint density at radius 3 is 3.05 bits per heavy atom. The molecule has 1 aliphatic rings. The Morgan fingerprint density at radius 1 is 1.48 bits per heavy atom. The van der Waals surface area contributed by atoms with Gasteiger partial charge >= 0.3 is 0 Å². The van der Waals surface area contributed by atoms with E-state index in [0.29, 0.717) is 11.7 Å². The van der Waals surface area contributed by atoms with Crippen molar-refractivity contribution in [3.63, 3.8) is 0 Å². The van der Waals surface area contributed by atoms with E-state index in [2.05, 4.69) is 10.1 Å². The Morgan fingerprint density at radius 2 is 2.29 bits per heavy atom. The summed E-state index contributed by atoms with van der Waals surface area (Å²) in [5.74, 6) is 1.13. The minimum atomic E-state index is -0.304. The van der Waals surface area contributed by atoms with Gasteiger partial charge in [-0.1, -0.05) is 29.4 Å². The third-order valence-electron chi connectivity index (χ3n) is 3.83. The Balaban J connectivity index is 1.74. The van der Waals surface area contributed by atoms with Gasteiger partial charge < -0.3 is 10.3 Å². The van der Waals surface area contributed by atoms with Crippen molar-refractivity contribution in [1.82, 2.24) is 15.0 Å². The Kier molecular flexibility index (Phi) is 3.70. The number of hydrogen-bond acceptors (Lipinski definition) is 5. The molecular formula is C15H18N4O2. The van der Waals surface area contributed by atoms with Crippen molar-refractivity contribution < 1.29 is 9.32 Å². The summed E-state index contributed by atoms with van der Waals surface area (Å²) in [6.45, 7) is 3.87. The average Bonchev–Trinajstić information content (AvgIpc) is 3.07. The Bertz CT molecular complexity index is 653. The molecule has 0 saturated carbocycles. The summed E-state index contributed by atoms with van der Waals surface area (Å²) in [4.78, 5) is 17.5. The number of rotatable bonds is 4. The number of primary amides is 1. The number of nitrogens with zero attached hydrogens (tertiary/aromatic N) is 3. The second kappa shape index (κ2) is 5.65. The number of amides is 1. The van der Waals surface area contributed by atoms with Crippen LogP contribution < -0.4 is 5.73 Å². The van der Waals surface area contributed by atoms with Crippen molar-refractivity contribution in [1.29, 1.82) is 0 Å². The van der Waals surface area contributed by atoms with Gasteiger partial charge in [-0.05, 0) is 25.5 Å². The zero-order valence-electron chi connectivity index (χ0n) is 12.0. The van der Waals surface area contributed by atoms with E-state index in [9.17, 15) is 4.79 Å². The highest BCUT2D eigenvalue weighted by Gasteiger charge is 2.29. The van der Waals surface area contributed by atoms with E-state index in [4.69, 9.17) is 10.3 Å². The highest BCUT2D eigenvalue weighted by molar-refractivity contribution is 5.75. The topological polar surface area (TPSA) is 85.3 Å². The quantitative estimate of drug-likeness (QED) is 0.916. The number of nitrogens with two attached hydrogens (primary N) is 1. The van der Waals surface area contributed by atoms with Crippen LogP contribution >= 0.6 is 0 Å². The third kappa shape index (κ3) is 2.95. The van der Waals surface area contributed by atoms with Gasteiger partial charge in [-0.3, -0.25) is 9.69 Å². The van der Waals surface area contributed by atoms with Crippen LogP contribution in [0.15, 0.2) is 28.8 Å². The lowest BCUT2D eigenvalue weighted by atomic mass is 10.1. The van der Waals surface area contributed by atoms with Crippen molar-refractivity contribution in [2.75, 3.05) is 19.6 Å². The number of aromatic nitrogens is 2. The summed E-state index contributed by atoms with van der Waals surface area (Å²) >= 11 is 0. The Labute approximate surface area is 122 Å². The lowest BCUT2D eigenvalue weighted by molar-refractivity contribution is -0.118. The molecule has 1 aromatic carbocycles. The van der Waals surface area contributed by atoms with Crippen molar-refractivity contribution >= 4 is 5.91 Å². The second-order valence-electron chi connectivity index (χ2n) is 5.46. The summed E-state index contributed by atoms with van der Waals surface area (Å²) in [6, 6.07) is 7.95. The monoisotopic (exact) mass is 286 g/mol. The number of carbonyl (C=O) groups is 1. The molecule has 1 aromatic heterocycles. The summed E-state index contributed by atoms with van der Waals surface area (Å²) in [5, 5.41) is 4.08. The predicted octanol–water partition coefficient (Wildman–Crippen LogP) is 1.32. The average molecular weight is 286 g/mol. The minimum absolute atomic E-state index is 0.176. The van der Waals surface area contributed by atoms with Crippen molar-refractivity contribution in [2.45, 2.75) is 19.3 Å². The molecule has 110 valence electrons. The molecule has 2 aromatic rings. The van der Waals surface area contributed by atoms with E-state index in [1.165, 1.54) is 0 Å². The van der Waals surface area contributed by atoms with E-state index < -0.39 is 0 Å². The van der Waals surface area contributed by atoms with E-state index in [1.807, 2.05) is 36.1 Å². The van der Waals surface area contributed by atoms with Crippen LogP contribution in [0.3, 0.4) is 0 Å². The van der Waals surface area contributed by atoms with Gasteiger partial charge in [-0.25, -0.2) is 0 Å². The number of likely N-dealkylation sites (tertiary alicyclic amines) is 1. The molecule has 1 aliphatic heterocycles. The largest absolute Gasteiger partial charge is 0.369 e. The van der Waals surface area contributed by atoms with Crippen LogP contribution in [0.5, 0.6) is 0 Å². The van der Waals surface area contributed by atoms with Crippen LogP contribution in [0.1, 0.15) is 23.8 Å². The molecule has 0 radical (unpaired) electrons. The molecule has 21 heavy (non-hydrogen) atoms. The summed E-state index contributed by atoms with van der Waals surface area (Å²) in [7, 11) is 0. The van der Waals surface area contributed by atoms with Gasteiger partial charge in [0.2, 0.25) is 17.6 Å². The predicted molar refractivity (Wildman–Crippen MR) is 77.5 cm³/mol. The number of benzene rings is 1. The van der Waals surface area contributed by atoms with Crippen LogP contribution in [0, 0.1) is 6.92 Å². The molecule has 0 bridgehead atoms. The van der Waals surface area contributed by atoms with Gasteiger partial charge in [-0.15, -0.1) is 0 Å².